The zero-order chi connectivity index (χ0) is 7.68. The van der Waals surface area contributed by atoms with Crippen LogP contribution >= 0.6 is 0 Å². The van der Waals surface area contributed by atoms with Crippen molar-refractivity contribution >= 4 is 0 Å². The molecule has 2 rings (SSSR count). The third-order valence-electron chi connectivity index (χ3n) is 2.05. The summed E-state index contributed by atoms with van der Waals surface area (Å²) in [6.07, 6.45) is 1.96. The SMILES string of the molecule is N#Cc1cccn1C1CNC1. The molecular weight excluding hydrogens is 138 g/mol. The molecule has 0 bridgehead atoms. The molecule has 2 heterocycles. The van der Waals surface area contributed by atoms with Crippen LogP contribution in [0.15, 0.2) is 18.3 Å². The van der Waals surface area contributed by atoms with E-state index in [-0.39, 0.29) is 0 Å². The fourth-order valence-electron chi connectivity index (χ4n) is 1.28. The van der Waals surface area contributed by atoms with Crippen molar-refractivity contribution in [3.63, 3.8) is 0 Å². The number of rotatable bonds is 1. The average molecular weight is 147 g/mol. The molecule has 1 N–H and O–H groups in total. The molecule has 1 aliphatic rings. The normalized spacial score (nSPS) is 17.4. The van der Waals surface area contributed by atoms with Crippen LogP contribution in [-0.2, 0) is 0 Å². The van der Waals surface area contributed by atoms with Gasteiger partial charge in [-0.1, -0.05) is 0 Å². The summed E-state index contributed by atoms with van der Waals surface area (Å²) in [5.41, 5.74) is 0.761. The predicted octanol–water partition coefficient (Wildman–Crippen LogP) is 0.504. The molecule has 0 aliphatic carbocycles. The van der Waals surface area contributed by atoms with Gasteiger partial charge >= 0.3 is 0 Å². The van der Waals surface area contributed by atoms with Gasteiger partial charge in [-0.25, -0.2) is 0 Å². The van der Waals surface area contributed by atoms with Gasteiger partial charge < -0.3 is 9.88 Å². The molecule has 3 heteroatoms. The second-order valence-electron chi connectivity index (χ2n) is 2.72. The lowest BCUT2D eigenvalue weighted by Gasteiger charge is -2.29. The van der Waals surface area contributed by atoms with Gasteiger partial charge in [0.05, 0.1) is 6.04 Å². The van der Waals surface area contributed by atoms with Crippen molar-refractivity contribution in [3.8, 4) is 6.07 Å². The molecule has 3 nitrogen and oxygen atoms in total. The van der Waals surface area contributed by atoms with Crippen LogP contribution in [-0.4, -0.2) is 17.7 Å². The van der Waals surface area contributed by atoms with Gasteiger partial charge in [-0.15, -0.1) is 0 Å². The highest BCUT2D eigenvalue weighted by atomic mass is 15.1. The molecule has 0 unspecified atom stereocenters. The summed E-state index contributed by atoms with van der Waals surface area (Å²) < 4.78 is 2.02. The van der Waals surface area contributed by atoms with Crippen LogP contribution in [0.1, 0.15) is 11.7 Å². The van der Waals surface area contributed by atoms with Crippen LogP contribution in [0.25, 0.3) is 0 Å². The summed E-state index contributed by atoms with van der Waals surface area (Å²) in [5, 5.41) is 11.9. The van der Waals surface area contributed by atoms with Crippen molar-refractivity contribution in [2.45, 2.75) is 6.04 Å². The summed E-state index contributed by atoms with van der Waals surface area (Å²) in [6.45, 7) is 1.98. The summed E-state index contributed by atoms with van der Waals surface area (Å²) in [6, 6.07) is 6.42. The van der Waals surface area contributed by atoms with E-state index in [1.807, 2.05) is 22.9 Å². The Labute approximate surface area is 65.2 Å². The Hall–Kier alpha value is -1.27. The lowest BCUT2D eigenvalue weighted by molar-refractivity contribution is 0.342. The Kier molecular flexibility index (Phi) is 1.41. The summed E-state index contributed by atoms with van der Waals surface area (Å²) in [5.74, 6) is 0. The van der Waals surface area contributed by atoms with Gasteiger partial charge in [-0.05, 0) is 12.1 Å². The van der Waals surface area contributed by atoms with Crippen LogP contribution in [0, 0.1) is 11.3 Å². The first-order valence-corrected chi connectivity index (χ1v) is 3.69. The highest BCUT2D eigenvalue weighted by molar-refractivity contribution is 5.23. The number of nitriles is 1. The zero-order valence-electron chi connectivity index (χ0n) is 6.12. The maximum absolute atomic E-state index is 8.68. The number of aromatic nitrogens is 1. The summed E-state index contributed by atoms with van der Waals surface area (Å²) >= 11 is 0. The monoisotopic (exact) mass is 147 g/mol. The molecule has 1 aromatic rings. The Balaban J connectivity index is 2.29. The number of hydrogen-bond acceptors (Lipinski definition) is 2. The minimum Gasteiger partial charge on any atom is -0.334 e. The van der Waals surface area contributed by atoms with E-state index in [4.69, 9.17) is 5.26 Å². The molecule has 1 fully saturated rings. The molecular formula is C8H9N3. The molecule has 0 saturated carbocycles. The van der Waals surface area contributed by atoms with E-state index in [1.54, 1.807) is 0 Å². The van der Waals surface area contributed by atoms with Crippen LogP contribution < -0.4 is 5.32 Å². The Bertz CT molecular complexity index is 291. The van der Waals surface area contributed by atoms with E-state index < -0.39 is 0 Å². The highest BCUT2D eigenvalue weighted by Gasteiger charge is 2.19. The molecule has 0 aromatic carbocycles. The number of nitrogens with zero attached hydrogens (tertiary/aromatic N) is 2. The van der Waals surface area contributed by atoms with Gasteiger partial charge in [0.15, 0.2) is 0 Å². The first kappa shape index (κ1) is 6.44. The van der Waals surface area contributed by atoms with Gasteiger partial charge in [-0.3, -0.25) is 0 Å². The van der Waals surface area contributed by atoms with Gasteiger partial charge in [0, 0.05) is 19.3 Å². The standard InChI is InChI=1S/C8H9N3/c9-4-7-2-1-3-11(7)8-5-10-6-8/h1-3,8,10H,5-6H2. The van der Waals surface area contributed by atoms with Crippen LogP contribution in [0.2, 0.25) is 0 Å². The minimum atomic E-state index is 0.500. The Morgan fingerprint density at radius 3 is 3.00 bits per heavy atom. The van der Waals surface area contributed by atoms with Crippen LogP contribution in [0.3, 0.4) is 0 Å². The van der Waals surface area contributed by atoms with E-state index in [2.05, 4.69) is 11.4 Å². The lowest BCUT2D eigenvalue weighted by atomic mass is 10.2. The average Bonchev–Trinajstić information content (AvgIpc) is 2.32. The van der Waals surface area contributed by atoms with Crippen molar-refractivity contribution in [1.82, 2.24) is 9.88 Å². The van der Waals surface area contributed by atoms with Crippen molar-refractivity contribution in [2.75, 3.05) is 13.1 Å². The lowest BCUT2D eigenvalue weighted by Crippen LogP contribution is -2.43. The Morgan fingerprint density at radius 2 is 2.45 bits per heavy atom. The molecule has 0 spiro atoms. The first-order chi connectivity index (χ1) is 5.42. The van der Waals surface area contributed by atoms with Crippen LogP contribution in [0.5, 0.6) is 0 Å². The number of hydrogen-bond donors (Lipinski definition) is 1. The third-order valence-corrected chi connectivity index (χ3v) is 2.05. The first-order valence-electron chi connectivity index (χ1n) is 3.69. The molecule has 0 radical (unpaired) electrons. The minimum absolute atomic E-state index is 0.500. The molecule has 1 aliphatic heterocycles. The van der Waals surface area contributed by atoms with Crippen molar-refractivity contribution in [3.05, 3.63) is 24.0 Å². The third kappa shape index (κ3) is 0.920. The second-order valence-corrected chi connectivity index (χ2v) is 2.72. The fourth-order valence-corrected chi connectivity index (χ4v) is 1.28. The van der Waals surface area contributed by atoms with Gasteiger partial charge in [-0.2, -0.15) is 5.26 Å². The predicted molar refractivity (Wildman–Crippen MR) is 41.1 cm³/mol. The van der Waals surface area contributed by atoms with E-state index >= 15 is 0 Å². The number of nitrogens with one attached hydrogen (secondary N) is 1. The zero-order valence-corrected chi connectivity index (χ0v) is 6.12. The fraction of sp³-hybridized carbons (Fsp3) is 0.375. The molecule has 1 aromatic heterocycles. The van der Waals surface area contributed by atoms with E-state index in [1.165, 1.54) is 0 Å². The molecule has 11 heavy (non-hydrogen) atoms. The smallest absolute Gasteiger partial charge is 0.120 e. The van der Waals surface area contributed by atoms with Crippen molar-refractivity contribution < 1.29 is 0 Å². The molecule has 0 atom stereocenters. The van der Waals surface area contributed by atoms with E-state index in [0.717, 1.165) is 18.8 Å². The molecule has 0 amide bonds. The highest BCUT2D eigenvalue weighted by Crippen LogP contribution is 2.14. The van der Waals surface area contributed by atoms with Crippen LogP contribution in [0.4, 0.5) is 0 Å². The second kappa shape index (κ2) is 2.40. The molecule has 1 saturated heterocycles. The van der Waals surface area contributed by atoms with Gasteiger partial charge in [0.25, 0.3) is 0 Å². The summed E-state index contributed by atoms with van der Waals surface area (Å²) in [7, 11) is 0. The van der Waals surface area contributed by atoms with Crippen molar-refractivity contribution in [2.24, 2.45) is 0 Å². The van der Waals surface area contributed by atoms with E-state index in [0.29, 0.717) is 6.04 Å². The Morgan fingerprint density at radius 1 is 1.64 bits per heavy atom. The van der Waals surface area contributed by atoms with E-state index in [9.17, 15) is 0 Å². The summed E-state index contributed by atoms with van der Waals surface area (Å²) in [4.78, 5) is 0. The van der Waals surface area contributed by atoms with Gasteiger partial charge in [0.1, 0.15) is 11.8 Å². The maximum Gasteiger partial charge on any atom is 0.120 e. The largest absolute Gasteiger partial charge is 0.334 e. The van der Waals surface area contributed by atoms with Gasteiger partial charge in [0.2, 0.25) is 0 Å². The quantitative estimate of drug-likeness (QED) is 0.628. The molecule has 56 valence electrons. The topological polar surface area (TPSA) is 40.8 Å². The maximum atomic E-state index is 8.68. The van der Waals surface area contributed by atoms with Crippen molar-refractivity contribution in [1.29, 1.82) is 5.26 Å².